The molecule has 0 spiro atoms. The lowest BCUT2D eigenvalue weighted by atomic mass is 9.87. The summed E-state index contributed by atoms with van der Waals surface area (Å²) in [7, 11) is 0. The van der Waals surface area contributed by atoms with Crippen molar-refractivity contribution in [3.05, 3.63) is 23.6 Å². The van der Waals surface area contributed by atoms with Crippen molar-refractivity contribution in [1.29, 1.82) is 0 Å². The van der Waals surface area contributed by atoms with E-state index in [0.29, 0.717) is 6.54 Å². The first kappa shape index (κ1) is 15.7. The van der Waals surface area contributed by atoms with Crippen LogP contribution in [0.3, 0.4) is 0 Å². The van der Waals surface area contributed by atoms with E-state index < -0.39 is 5.82 Å². The van der Waals surface area contributed by atoms with Gasteiger partial charge in [-0.15, -0.1) is 0 Å². The lowest BCUT2D eigenvalue weighted by Crippen LogP contribution is -2.37. The van der Waals surface area contributed by atoms with Gasteiger partial charge in [-0.05, 0) is 44.1 Å². The first-order valence-corrected chi connectivity index (χ1v) is 7.81. The number of rotatable bonds is 5. The Morgan fingerprint density at radius 1 is 1.38 bits per heavy atom. The Balaban J connectivity index is 2.01. The lowest BCUT2D eigenvalue weighted by Gasteiger charge is -2.27. The Kier molecular flexibility index (Phi) is 5.53. The molecule has 4 nitrogen and oxygen atoms in total. The summed E-state index contributed by atoms with van der Waals surface area (Å²) in [6.45, 7) is 4.85. The van der Waals surface area contributed by atoms with Crippen molar-refractivity contribution in [2.75, 3.05) is 11.9 Å². The number of halogens is 1. The van der Waals surface area contributed by atoms with Gasteiger partial charge in [0.25, 0.3) is 5.91 Å². The normalized spacial score (nSPS) is 21.9. The number of aromatic nitrogens is 1. The third-order valence-corrected chi connectivity index (χ3v) is 4.03. The van der Waals surface area contributed by atoms with Gasteiger partial charge in [-0.1, -0.05) is 13.8 Å². The Labute approximate surface area is 125 Å². The standard InChI is InChI=1S/C16H24FN3O/c1-3-9-18-15-14(17)13(8-10-19-15)16(21)20-12-6-4-11(2)5-7-12/h8,10-12H,3-7,9H2,1-2H3,(H,18,19)(H,20,21). The summed E-state index contributed by atoms with van der Waals surface area (Å²) in [6, 6.07) is 1.60. The molecular formula is C16H24FN3O. The first-order valence-electron chi connectivity index (χ1n) is 7.81. The van der Waals surface area contributed by atoms with E-state index in [-0.39, 0.29) is 23.3 Å². The summed E-state index contributed by atoms with van der Waals surface area (Å²) >= 11 is 0. The highest BCUT2D eigenvalue weighted by molar-refractivity contribution is 5.95. The van der Waals surface area contributed by atoms with Gasteiger partial charge < -0.3 is 10.6 Å². The second-order valence-corrected chi connectivity index (χ2v) is 5.88. The van der Waals surface area contributed by atoms with E-state index in [1.165, 1.54) is 12.3 Å². The quantitative estimate of drug-likeness (QED) is 0.875. The SMILES string of the molecule is CCCNc1nccc(C(=O)NC2CCC(C)CC2)c1F. The molecule has 2 rings (SSSR count). The fourth-order valence-electron chi connectivity index (χ4n) is 2.65. The van der Waals surface area contributed by atoms with Crippen LogP contribution in [-0.2, 0) is 0 Å². The van der Waals surface area contributed by atoms with Crippen molar-refractivity contribution in [2.45, 2.75) is 52.0 Å². The average molecular weight is 293 g/mol. The minimum Gasteiger partial charge on any atom is -0.368 e. The van der Waals surface area contributed by atoms with Gasteiger partial charge in [-0.2, -0.15) is 0 Å². The zero-order valence-electron chi connectivity index (χ0n) is 12.8. The molecule has 0 radical (unpaired) electrons. The summed E-state index contributed by atoms with van der Waals surface area (Å²) in [5, 5.41) is 5.85. The second kappa shape index (κ2) is 7.38. The molecule has 0 bridgehead atoms. The summed E-state index contributed by atoms with van der Waals surface area (Å²) in [4.78, 5) is 16.2. The topological polar surface area (TPSA) is 54.0 Å². The zero-order valence-corrected chi connectivity index (χ0v) is 12.8. The predicted octanol–water partition coefficient (Wildman–Crippen LogP) is 3.35. The molecule has 1 aromatic rings. The van der Waals surface area contributed by atoms with Crippen molar-refractivity contribution >= 4 is 11.7 Å². The molecule has 1 fully saturated rings. The average Bonchev–Trinajstić information content (AvgIpc) is 2.48. The monoisotopic (exact) mass is 293 g/mol. The van der Waals surface area contributed by atoms with Crippen LogP contribution in [0.15, 0.2) is 12.3 Å². The number of carbonyl (C=O) groups is 1. The van der Waals surface area contributed by atoms with E-state index in [0.717, 1.165) is 38.0 Å². The van der Waals surface area contributed by atoms with Gasteiger partial charge in [0, 0.05) is 18.8 Å². The highest BCUT2D eigenvalue weighted by Gasteiger charge is 2.22. The van der Waals surface area contributed by atoms with E-state index in [4.69, 9.17) is 0 Å². The molecule has 0 unspecified atom stereocenters. The van der Waals surface area contributed by atoms with Gasteiger partial charge >= 0.3 is 0 Å². The van der Waals surface area contributed by atoms with Gasteiger partial charge in [0.1, 0.15) is 0 Å². The van der Waals surface area contributed by atoms with E-state index in [2.05, 4.69) is 22.5 Å². The van der Waals surface area contributed by atoms with Gasteiger partial charge in [-0.25, -0.2) is 9.37 Å². The van der Waals surface area contributed by atoms with Crippen LogP contribution < -0.4 is 10.6 Å². The van der Waals surface area contributed by atoms with Crippen molar-refractivity contribution < 1.29 is 9.18 Å². The lowest BCUT2D eigenvalue weighted by molar-refractivity contribution is 0.0919. The van der Waals surface area contributed by atoms with Crippen molar-refractivity contribution in [2.24, 2.45) is 5.92 Å². The molecule has 0 saturated heterocycles. The zero-order chi connectivity index (χ0) is 15.2. The van der Waals surface area contributed by atoms with Gasteiger partial charge in [0.05, 0.1) is 5.56 Å². The third kappa shape index (κ3) is 4.16. The number of nitrogens with zero attached hydrogens (tertiary/aromatic N) is 1. The summed E-state index contributed by atoms with van der Waals surface area (Å²) in [5.41, 5.74) is 0.0715. The summed E-state index contributed by atoms with van der Waals surface area (Å²) in [6.07, 6.45) is 6.53. The third-order valence-electron chi connectivity index (χ3n) is 4.03. The maximum atomic E-state index is 14.3. The fourth-order valence-corrected chi connectivity index (χ4v) is 2.65. The van der Waals surface area contributed by atoms with Crippen LogP contribution in [0.25, 0.3) is 0 Å². The molecule has 116 valence electrons. The van der Waals surface area contributed by atoms with Crippen LogP contribution >= 0.6 is 0 Å². The largest absolute Gasteiger partial charge is 0.368 e. The molecule has 1 saturated carbocycles. The van der Waals surface area contributed by atoms with E-state index in [1.807, 2.05) is 6.92 Å². The van der Waals surface area contributed by atoms with Crippen molar-refractivity contribution in [3.63, 3.8) is 0 Å². The second-order valence-electron chi connectivity index (χ2n) is 5.88. The smallest absolute Gasteiger partial charge is 0.254 e. The van der Waals surface area contributed by atoms with Crippen LogP contribution in [0, 0.1) is 11.7 Å². The number of amides is 1. The van der Waals surface area contributed by atoms with Gasteiger partial charge in [0.2, 0.25) is 0 Å². The van der Waals surface area contributed by atoms with Crippen LogP contribution in [0.5, 0.6) is 0 Å². The van der Waals surface area contributed by atoms with Crippen LogP contribution in [0.1, 0.15) is 56.3 Å². The maximum Gasteiger partial charge on any atom is 0.254 e. The van der Waals surface area contributed by atoms with Gasteiger partial charge in [-0.3, -0.25) is 4.79 Å². The molecule has 5 heteroatoms. The van der Waals surface area contributed by atoms with Crippen molar-refractivity contribution in [3.8, 4) is 0 Å². The Morgan fingerprint density at radius 3 is 2.76 bits per heavy atom. The molecule has 1 amide bonds. The van der Waals surface area contributed by atoms with E-state index in [9.17, 15) is 9.18 Å². The predicted molar refractivity (Wildman–Crippen MR) is 81.9 cm³/mol. The number of carbonyl (C=O) groups excluding carboxylic acids is 1. The van der Waals surface area contributed by atoms with Crippen LogP contribution in [0.4, 0.5) is 10.2 Å². The van der Waals surface area contributed by atoms with E-state index >= 15 is 0 Å². The Morgan fingerprint density at radius 2 is 2.10 bits per heavy atom. The van der Waals surface area contributed by atoms with Crippen LogP contribution in [-0.4, -0.2) is 23.5 Å². The molecular weight excluding hydrogens is 269 g/mol. The molecule has 2 N–H and O–H groups in total. The number of nitrogens with one attached hydrogen (secondary N) is 2. The minimum absolute atomic E-state index is 0.0715. The molecule has 1 heterocycles. The van der Waals surface area contributed by atoms with E-state index in [1.54, 1.807) is 0 Å². The highest BCUT2D eigenvalue weighted by Crippen LogP contribution is 2.24. The number of anilines is 1. The molecule has 1 aliphatic rings. The fraction of sp³-hybridized carbons (Fsp3) is 0.625. The summed E-state index contributed by atoms with van der Waals surface area (Å²) in [5.74, 6) is -0.0240. The molecule has 0 atom stereocenters. The highest BCUT2D eigenvalue weighted by atomic mass is 19.1. The molecule has 1 aromatic heterocycles. The number of hydrogen-bond donors (Lipinski definition) is 2. The molecule has 21 heavy (non-hydrogen) atoms. The maximum absolute atomic E-state index is 14.3. The number of pyridine rings is 1. The van der Waals surface area contributed by atoms with Gasteiger partial charge in [0.15, 0.2) is 11.6 Å². The molecule has 1 aliphatic carbocycles. The van der Waals surface area contributed by atoms with Crippen LogP contribution in [0.2, 0.25) is 0 Å². The minimum atomic E-state index is -0.562. The number of hydrogen-bond acceptors (Lipinski definition) is 3. The van der Waals surface area contributed by atoms with Crippen molar-refractivity contribution in [1.82, 2.24) is 10.3 Å². The first-order chi connectivity index (χ1) is 10.1. The molecule has 0 aromatic carbocycles. The Hall–Kier alpha value is -1.65. The molecule has 0 aliphatic heterocycles. The Bertz CT molecular complexity index is 484. The summed E-state index contributed by atoms with van der Waals surface area (Å²) < 4.78 is 14.3.